The number of hydrogen-bond donors (Lipinski definition) is 3. The number of anilines is 2. The van der Waals surface area contributed by atoms with Gasteiger partial charge >= 0.3 is 5.97 Å². The average molecular weight is 543 g/mol. The van der Waals surface area contributed by atoms with Crippen LogP contribution < -0.4 is 16.0 Å². The molecule has 3 N–H and O–H groups in total. The molecular weight excluding hydrogens is 516 g/mol. The van der Waals surface area contributed by atoms with Crippen molar-refractivity contribution in [3.8, 4) is 6.07 Å². The van der Waals surface area contributed by atoms with Gasteiger partial charge in [0, 0.05) is 11.4 Å². The Morgan fingerprint density at radius 3 is 2.46 bits per heavy atom. The molecule has 0 bridgehead atoms. The van der Waals surface area contributed by atoms with Crippen molar-refractivity contribution < 1.29 is 23.5 Å². The predicted molar refractivity (Wildman–Crippen MR) is 149 cm³/mol. The summed E-state index contributed by atoms with van der Waals surface area (Å²) < 4.78 is 10.5. The number of nitrogens with one attached hydrogen (secondary N) is 3. The molecule has 1 unspecified atom stereocenters. The molecule has 0 radical (unpaired) electrons. The molecular formula is C29H26N4O5S. The van der Waals surface area contributed by atoms with E-state index >= 15 is 0 Å². The molecule has 0 saturated carbocycles. The van der Waals surface area contributed by atoms with Gasteiger partial charge in [-0.25, -0.2) is 4.79 Å². The van der Waals surface area contributed by atoms with Gasteiger partial charge in [0.2, 0.25) is 5.91 Å². The fourth-order valence-corrected chi connectivity index (χ4v) is 5.00. The van der Waals surface area contributed by atoms with E-state index in [1.165, 1.54) is 13.4 Å². The quantitative estimate of drug-likeness (QED) is 0.336. The maximum absolute atomic E-state index is 13.6. The number of para-hydroxylation sites is 1. The van der Waals surface area contributed by atoms with E-state index in [2.05, 4.69) is 22.0 Å². The van der Waals surface area contributed by atoms with Gasteiger partial charge < -0.3 is 25.1 Å². The van der Waals surface area contributed by atoms with Crippen molar-refractivity contribution >= 4 is 40.9 Å². The predicted octanol–water partition coefficient (Wildman–Crippen LogP) is 5.08. The van der Waals surface area contributed by atoms with E-state index in [9.17, 15) is 19.6 Å². The molecule has 2 amide bonds. The summed E-state index contributed by atoms with van der Waals surface area (Å²) >= 11 is 1.16. The molecule has 2 heterocycles. The zero-order valence-electron chi connectivity index (χ0n) is 21.5. The van der Waals surface area contributed by atoms with E-state index < -0.39 is 17.8 Å². The molecule has 10 heteroatoms. The van der Waals surface area contributed by atoms with Crippen LogP contribution in [0.2, 0.25) is 0 Å². The van der Waals surface area contributed by atoms with E-state index in [0.717, 1.165) is 17.3 Å². The molecule has 198 valence electrons. The molecule has 0 spiro atoms. The maximum Gasteiger partial charge on any atom is 0.339 e. The Labute approximate surface area is 229 Å². The van der Waals surface area contributed by atoms with Gasteiger partial charge in [0.15, 0.2) is 0 Å². The van der Waals surface area contributed by atoms with Crippen LogP contribution in [0.15, 0.2) is 93.2 Å². The number of thioether (sulfide) groups is 1. The van der Waals surface area contributed by atoms with Gasteiger partial charge in [-0.2, -0.15) is 5.26 Å². The summed E-state index contributed by atoms with van der Waals surface area (Å²) in [6.07, 6.45) is 1.46. The van der Waals surface area contributed by atoms with E-state index in [-0.39, 0.29) is 34.1 Å². The number of rotatable bonds is 8. The largest absolute Gasteiger partial charge is 0.468 e. The highest BCUT2D eigenvalue weighted by Gasteiger charge is 2.37. The van der Waals surface area contributed by atoms with Crippen LogP contribution in [-0.2, 0) is 14.3 Å². The molecule has 4 rings (SSSR count). The van der Waals surface area contributed by atoms with Gasteiger partial charge in [0.1, 0.15) is 5.76 Å². The van der Waals surface area contributed by atoms with Crippen molar-refractivity contribution in [2.75, 3.05) is 23.5 Å². The Balaban J connectivity index is 1.60. The number of amides is 2. The third kappa shape index (κ3) is 6.22. The van der Waals surface area contributed by atoms with Crippen LogP contribution in [0.1, 0.15) is 34.5 Å². The van der Waals surface area contributed by atoms with Crippen LogP contribution >= 0.6 is 11.8 Å². The first-order valence-corrected chi connectivity index (χ1v) is 12.9. The number of methoxy groups -OCH3 is 1. The Kier molecular flexibility index (Phi) is 8.53. The van der Waals surface area contributed by atoms with Crippen LogP contribution in [0.25, 0.3) is 0 Å². The standard InChI is InChI=1S/C29H26N4O5S/c1-17-10-12-19(13-11-17)32-24(34)16-39-28-21(15-30)26(23-9-6-14-38-23)25(18(2)31-28)27(35)33-22-8-5-4-7-20(22)29(36)37-3/h4-14,26,31H,16H2,1-3H3,(H,32,34)(H,33,35). The highest BCUT2D eigenvalue weighted by molar-refractivity contribution is 8.03. The van der Waals surface area contributed by atoms with Gasteiger partial charge in [0.25, 0.3) is 5.91 Å². The van der Waals surface area contributed by atoms with E-state index in [1.807, 2.05) is 31.2 Å². The zero-order chi connectivity index (χ0) is 27.9. The molecule has 1 atom stereocenters. The fourth-order valence-electron chi connectivity index (χ4n) is 4.11. The Morgan fingerprint density at radius 2 is 1.79 bits per heavy atom. The third-order valence-electron chi connectivity index (χ3n) is 5.98. The van der Waals surface area contributed by atoms with Gasteiger partial charge in [-0.15, -0.1) is 0 Å². The number of dihydropyridines is 1. The van der Waals surface area contributed by atoms with Gasteiger partial charge in [0.05, 0.1) is 58.5 Å². The topological polar surface area (TPSA) is 133 Å². The number of nitrogens with zero attached hydrogens (tertiary/aromatic N) is 1. The molecule has 1 aliphatic rings. The summed E-state index contributed by atoms with van der Waals surface area (Å²) in [5, 5.41) is 19.4. The van der Waals surface area contributed by atoms with Crippen molar-refractivity contribution in [2.45, 2.75) is 19.8 Å². The number of benzene rings is 2. The van der Waals surface area contributed by atoms with E-state index in [0.29, 0.717) is 22.2 Å². The van der Waals surface area contributed by atoms with Crippen molar-refractivity contribution in [3.63, 3.8) is 0 Å². The van der Waals surface area contributed by atoms with Gasteiger partial charge in [-0.1, -0.05) is 41.6 Å². The van der Waals surface area contributed by atoms with Crippen LogP contribution in [0, 0.1) is 18.3 Å². The van der Waals surface area contributed by atoms with Gasteiger partial charge in [-0.3, -0.25) is 9.59 Å². The van der Waals surface area contributed by atoms with Crippen LogP contribution in [0.5, 0.6) is 0 Å². The first kappa shape index (κ1) is 27.3. The summed E-state index contributed by atoms with van der Waals surface area (Å²) in [6, 6.07) is 19.5. The summed E-state index contributed by atoms with van der Waals surface area (Å²) in [5.41, 5.74) is 3.17. The summed E-state index contributed by atoms with van der Waals surface area (Å²) in [5.74, 6) is -1.77. The van der Waals surface area contributed by atoms with Crippen LogP contribution in [0.4, 0.5) is 11.4 Å². The van der Waals surface area contributed by atoms with Crippen molar-refractivity contribution in [3.05, 3.63) is 106 Å². The summed E-state index contributed by atoms with van der Waals surface area (Å²) in [6.45, 7) is 3.67. The second-order valence-corrected chi connectivity index (χ2v) is 9.65. The molecule has 9 nitrogen and oxygen atoms in total. The van der Waals surface area contributed by atoms with Crippen LogP contribution in [-0.4, -0.2) is 30.6 Å². The number of carbonyl (C=O) groups excluding carboxylic acids is 3. The molecule has 0 aliphatic carbocycles. The minimum atomic E-state index is -0.834. The first-order chi connectivity index (χ1) is 18.8. The van der Waals surface area contributed by atoms with Crippen molar-refractivity contribution in [1.82, 2.24) is 5.32 Å². The summed E-state index contributed by atoms with van der Waals surface area (Å²) in [7, 11) is 1.26. The monoisotopic (exact) mass is 542 g/mol. The number of nitriles is 1. The second kappa shape index (κ2) is 12.2. The molecule has 39 heavy (non-hydrogen) atoms. The van der Waals surface area contributed by atoms with E-state index in [4.69, 9.17) is 9.15 Å². The highest BCUT2D eigenvalue weighted by Crippen LogP contribution is 2.41. The Morgan fingerprint density at radius 1 is 1.05 bits per heavy atom. The molecule has 3 aromatic rings. The van der Waals surface area contributed by atoms with Crippen molar-refractivity contribution in [1.29, 1.82) is 5.26 Å². The lowest BCUT2D eigenvalue weighted by Crippen LogP contribution is -2.31. The number of esters is 1. The molecule has 0 fully saturated rings. The maximum atomic E-state index is 13.6. The molecule has 2 aromatic carbocycles. The van der Waals surface area contributed by atoms with Crippen molar-refractivity contribution in [2.24, 2.45) is 0 Å². The van der Waals surface area contributed by atoms with Crippen LogP contribution in [0.3, 0.4) is 0 Å². The zero-order valence-corrected chi connectivity index (χ0v) is 22.3. The second-order valence-electron chi connectivity index (χ2n) is 8.66. The lowest BCUT2D eigenvalue weighted by atomic mass is 9.85. The van der Waals surface area contributed by atoms with Gasteiger partial charge in [-0.05, 0) is 50.2 Å². The molecule has 0 saturated heterocycles. The Bertz CT molecular complexity index is 1500. The highest BCUT2D eigenvalue weighted by atomic mass is 32.2. The number of hydrogen-bond acceptors (Lipinski definition) is 8. The number of aryl methyl sites for hydroxylation is 1. The Hall–Kier alpha value is -4.75. The minimum Gasteiger partial charge on any atom is -0.468 e. The number of carbonyl (C=O) groups is 3. The lowest BCUT2D eigenvalue weighted by Gasteiger charge is -2.28. The normalized spacial score (nSPS) is 14.8. The molecule has 1 aromatic heterocycles. The number of allylic oxidation sites excluding steroid dienone is 2. The fraction of sp³-hybridized carbons (Fsp3) is 0.172. The average Bonchev–Trinajstić information content (AvgIpc) is 3.47. The SMILES string of the molecule is COC(=O)c1ccccc1NC(=O)C1=C(C)NC(SCC(=O)Nc2ccc(C)cc2)=C(C#N)C1c1ccco1. The third-order valence-corrected chi connectivity index (χ3v) is 7.00. The molecule has 1 aliphatic heterocycles. The lowest BCUT2D eigenvalue weighted by molar-refractivity contribution is -0.114. The minimum absolute atomic E-state index is 0.0353. The smallest absolute Gasteiger partial charge is 0.339 e. The first-order valence-electron chi connectivity index (χ1n) is 12.0. The number of ether oxygens (including phenoxy) is 1. The number of furan rings is 1. The van der Waals surface area contributed by atoms with E-state index in [1.54, 1.807) is 43.3 Å². The summed E-state index contributed by atoms with van der Waals surface area (Å²) in [4.78, 5) is 38.4.